The molecule has 0 unspecified atom stereocenters. The van der Waals surface area contributed by atoms with Gasteiger partial charge in [0.25, 0.3) is 0 Å². The molecule has 0 N–H and O–H groups in total. The van der Waals surface area contributed by atoms with Crippen LogP contribution in [-0.4, -0.2) is 73.3 Å². The van der Waals surface area contributed by atoms with Crippen LogP contribution < -0.4 is 9.80 Å². The van der Waals surface area contributed by atoms with E-state index in [1.54, 1.807) is 6.33 Å². The summed E-state index contributed by atoms with van der Waals surface area (Å²) in [4.78, 5) is 27.0. The lowest BCUT2D eigenvalue weighted by Crippen LogP contribution is -2.48. The zero-order valence-corrected chi connectivity index (χ0v) is 15.9. The van der Waals surface area contributed by atoms with Crippen molar-refractivity contribution in [1.82, 2.24) is 14.9 Å². The molecule has 7 nitrogen and oxygen atoms in total. The molecule has 2 fully saturated rings. The fourth-order valence-electron chi connectivity index (χ4n) is 3.62. The molecule has 142 valence electrons. The fourth-order valence-corrected chi connectivity index (χ4v) is 3.90. The third kappa shape index (κ3) is 3.57. The molecule has 1 aromatic heterocycles. The highest BCUT2D eigenvalue weighted by atomic mass is 35.5. The van der Waals surface area contributed by atoms with Crippen molar-refractivity contribution in [3.05, 3.63) is 36.1 Å². The lowest BCUT2D eigenvalue weighted by molar-refractivity contribution is -0.126. The molecule has 0 atom stereocenters. The van der Waals surface area contributed by atoms with E-state index in [0.717, 1.165) is 48.6 Å². The number of carbonyl (C=O) groups is 1. The van der Waals surface area contributed by atoms with Gasteiger partial charge in [0.2, 0.25) is 5.91 Å². The number of hydrogen-bond acceptors (Lipinski definition) is 6. The first-order valence-electron chi connectivity index (χ1n) is 9.10. The molecule has 27 heavy (non-hydrogen) atoms. The number of hydrogen-bond donors (Lipinski definition) is 0. The van der Waals surface area contributed by atoms with E-state index in [1.165, 1.54) is 6.08 Å². The van der Waals surface area contributed by atoms with Gasteiger partial charge in [-0.1, -0.05) is 18.2 Å². The third-order valence-corrected chi connectivity index (χ3v) is 5.40. The van der Waals surface area contributed by atoms with Crippen LogP contribution in [0.2, 0.25) is 5.02 Å². The van der Waals surface area contributed by atoms with E-state index in [4.69, 9.17) is 16.3 Å². The Morgan fingerprint density at radius 2 is 1.81 bits per heavy atom. The SMILES string of the molecule is C=CC(=O)N1CCN(c2ncnc3cc(Cl)c(N4CCOCC4)cc23)CC1. The molecule has 2 aromatic rings. The van der Waals surface area contributed by atoms with Crippen LogP contribution in [0, 0.1) is 0 Å². The maximum absolute atomic E-state index is 11.8. The minimum absolute atomic E-state index is 0.0245. The van der Waals surface area contributed by atoms with Crippen LogP contribution in [0.25, 0.3) is 10.9 Å². The van der Waals surface area contributed by atoms with Crippen LogP contribution in [0.5, 0.6) is 0 Å². The molecule has 1 aromatic carbocycles. The maximum atomic E-state index is 11.8. The van der Waals surface area contributed by atoms with E-state index in [9.17, 15) is 4.79 Å². The van der Waals surface area contributed by atoms with E-state index in [0.29, 0.717) is 31.3 Å². The molecular formula is C19H22ClN5O2. The van der Waals surface area contributed by atoms with Gasteiger partial charge in [-0.15, -0.1) is 0 Å². The first-order valence-corrected chi connectivity index (χ1v) is 9.48. The quantitative estimate of drug-likeness (QED) is 0.750. The van der Waals surface area contributed by atoms with Crippen molar-refractivity contribution < 1.29 is 9.53 Å². The first-order chi connectivity index (χ1) is 13.2. The van der Waals surface area contributed by atoms with E-state index in [2.05, 4.69) is 32.4 Å². The van der Waals surface area contributed by atoms with E-state index in [1.807, 2.05) is 11.0 Å². The molecule has 0 radical (unpaired) electrons. The highest BCUT2D eigenvalue weighted by Gasteiger charge is 2.23. The molecule has 0 spiro atoms. The maximum Gasteiger partial charge on any atom is 0.246 e. The van der Waals surface area contributed by atoms with Gasteiger partial charge >= 0.3 is 0 Å². The normalized spacial score (nSPS) is 18.0. The lowest BCUT2D eigenvalue weighted by atomic mass is 10.1. The molecule has 0 bridgehead atoms. The van der Waals surface area contributed by atoms with Gasteiger partial charge in [0.1, 0.15) is 12.1 Å². The average Bonchev–Trinajstić information content (AvgIpc) is 2.73. The minimum atomic E-state index is -0.0245. The lowest BCUT2D eigenvalue weighted by Gasteiger charge is -2.35. The Kier molecular flexibility index (Phi) is 5.13. The van der Waals surface area contributed by atoms with E-state index < -0.39 is 0 Å². The van der Waals surface area contributed by atoms with Crippen molar-refractivity contribution in [2.75, 3.05) is 62.3 Å². The predicted octanol–water partition coefficient (Wildman–Crippen LogP) is 1.95. The number of piperazine rings is 1. The number of rotatable bonds is 3. The topological polar surface area (TPSA) is 61.8 Å². The number of fused-ring (bicyclic) bond motifs is 1. The summed E-state index contributed by atoms with van der Waals surface area (Å²) in [6.07, 6.45) is 2.94. The highest BCUT2D eigenvalue weighted by molar-refractivity contribution is 6.34. The summed E-state index contributed by atoms with van der Waals surface area (Å²) in [7, 11) is 0. The molecule has 1 amide bonds. The summed E-state index contributed by atoms with van der Waals surface area (Å²) in [6, 6.07) is 3.99. The number of ether oxygens (including phenoxy) is 1. The predicted molar refractivity (Wildman–Crippen MR) is 107 cm³/mol. The smallest absolute Gasteiger partial charge is 0.246 e. The van der Waals surface area contributed by atoms with Gasteiger partial charge in [0.15, 0.2) is 0 Å². The Bertz CT molecular complexity index is 861. The number of carbonyl (C=O) groups excluding carboxylic acids is 1. The van der Waals surface area contributed by atoms with Gasteiger partial charge in [-0.3, -0.25) is 4.79 Å². The van der Waals surface area contributed by atoms with Crippen LogP contribution in [0.15, 0.2) is 31.1 Å². The Labute approximate surface area is 163 Å². The van der Waals surface area contributed by atoms with Gasteiger partial charge in [0.05, 0.1) is 29.4 Å². The summed E-state index contributed by atoms with van der Waals surface area (Å²) < 4.78 is 5.45. The number of anilines is 2. The average molecular weight is 388 g/mol. The number of benzene rings is 1. The van der Waals surface area contributed by atoms with Crippen molar-refractivity contribution in [3.63, 3.8) is 0 Å². The van der Waals surface area contributed by atoms with E-state index in [-0.39, 0.29) is 5.91 Å². The fraction of sp³-hybridized carbons (Fsp3) is 0.421. The molecule has 0 saturated carbocycles. The molecule has 2 aliphatic heterocycles. The van der Waals surface area contributed by atoms with Crippen LogP contribution in [-0.2, 0) is 9.53 Å². The van der Waals surface area contributed by atoms with Crippen LogP contribution in [0.4, 0.5) is 11.5 Å². The van der Waals surface area contributed by atoms with Gasteiger partial charge in [-0.25, -0.2) is 9.97 Å². The van der Waals surface area contributed by atoms with Crippen molar-refractivity contribution in [2.24, 2.45) is 0 Å². The van der Waals surface area contributed by atoms with Crippen molar-refractivity contribution in [2.45, 2.75) is 0 Å². The van der Waals surface area contributed by atoms with E-state index >= 15 is 0 Å². The van der Waals surface area contributed by atoms with Crippen LogP contribution in [0.1, 0.15) is 0 Å². The minimum Gasteiger partial charge on any atom is -0.378 e. The zero-order valence-electron chi connectivity index (χ0n) is 15.1. The summed E-state index contributed by atoms with van der Waals surface area (Å²) in [5.41, 5.74) is 1.82. The molecule has 0 aliphatic carbocycles. The van der Waals surface area contributed by atoms with Crippen molar-refractivity contribution >= 4 is 39.9 Å². The monoisotopic (exact) mass is 387 g/mol. The second kappa shape index (κ2) is 7.70. The number of morpholine rings is 1. The second-order valence-corrected chi connectivity index (χ2v) is 7.04. The molecule has 8 heteroatoms. The Morgan fingerprint density at radius 3 is 2.52 bits per heavy atom. The molecule has 2 aliphatic rings. The molecule has 2 saturated heterocycles. The molecular weight excluding hydrogens is 366 g/mol. The summed E-state index contributed by atoms with van der Waals surface area (Å²) in [6.45, 7) is 9.35. The highest BCUT2D eigenvalue weighted by Crippen LogP contribution is 2.34. The molecule has 3 heterocycles. The van der Waals surface area contributed by atoms with Gasteiger partial charge < -0.3 is 19.4 Å². The third-order valence-electron chi connectivity index (χ3n) is 5.10. The van der Waals surface area contributed by atoms with Gasteiger partial charge in [0, 0.05) is 44.7 Å². The van der Waals surface area contributed by atoms with Gasteiger partial charge in [-0.05, 0) is 18.2 Å². The second-order valence-electron chi connectivity index (χ2n) is 6.63. The zero-order chi connectivity index (χ0) is 18.8. The van der Waals surface area contributed by atoms with Crippen molar-refractivity contribution in [3.8, 4) is 0 Å². The number of aromatic nitrogens is 2. The largest absolute Gasteiger partial charge is 0.378 e. The summed E-state index contributed by atoms with van der Waals surface area (Å²) >= 11 is 6.53. The first kappa shape index (κ1) is 18.0. The number of amides is 1. The summed E-state index contributed by atoms with van der Waals surface area (Å²) in [5, 5.41) is 1.67. The molecule has 4 rings (SSSR count). The Morgan fingerprint density at radius 1 is 1.07 bits per heavy atom. The van der Waals surface area contributed by atoms with Crippen molar-refractivity contribution in [1.29, 1.82) is 0 Å². The van der Waals surface area contributed by atoms with Gasteiger partial charge in [-0.2, -0.15) is 0 Å². The Hall–Kier alpha value is -2.38. The van der Waals surface area contributed by atoms with Crippen LogP contribution in [0.3, 0.4) is 0 Å². The Balaban J connectivity index is 1.65. The van der Waals surface area contributed by atoms with Crippen LogP contribution >= 0.6 is 11.6 Å². The standard InChI is InChI=1S/C19H22ClN5O2/c1-2-18(26)24-3-5-25(6-4-24)19-14-11-17(23-7-9-27-10-8-23)15(20)12-16(14)21-13-22-19/h2,11-13H,1,3-10H2. The number of nitrogens with zero attached hydrogens (tertiary/aromatic N) is 5. The summed E-state index contributed by atoms with van der Waals surface area (Å²) in [5.74, 6) is 0.862. The number of halogens is 1.